The first-order valence-electron chi connectivity index (χ1n) is 5.23. The van der Waals surface area contributed by atoms with Crippen LogP contribution in [0.25, 0.3) is 0 Å². The summed E-state index contributed by atoms with van der Waals surface area (Å²) in [5.74, 6) is 0.991. The Hall–Kier alpha value is -1.19. The lowest BCUT2D eigenvalue weighted by Gasteiger charge is -2.02. The van der Waals surface area contributed by atoms with Crippen molar-refractivity contribution >= 4 is 22.4 Å². The van der Waals surface area contributed by atoms with Gasteiger partial charge in [0.1, 0.15) is 0 Å². The maximum absolute atomic E-state index is 11.9. The van der Waals surface area contributed by atoms with E-state index < -0.39 is 10.8 Å². The molecule has 0 saturated carbocycles. The van der Waals surface area contributed by atoms with Crippen molar-refractivity contribution in [1.82, 2.24) is 4.98 Å². The number of benzene rings is 1. The molecule has 88 valence electrons. The Kier molecular flexibility index (Phi) is 4.29. The van der Waals surface area contributed by atoms with Crippen molar-refractivity contribution < 1.29 is 4.21 Å². The molecule has 2 rings (SSSR count). The lowest BCUT2D eigenvalue weighted by Crippen LogP contribution is -2.00. The van der Waals surface area contributed by atoms with Crippen molar-refractivity contribution in [2.24, 2.45) is 0 Å². The van der Waals surface area contributed by atoms with Gasteiger partial charge in [-0.05, 0) is 29.8 Å². The summed E-state index contributed by atoms with van der Waals surface area (Å²) in [4.78, 5) is 4.16. The average molecular weight is 266 g/mol. The molecule has 0 aliphatic rings. The summed E-state index contributed by atoms with van der Waals surface area (Å²) < 4.78 is 11.9. The number of halogens is 1. The van der Waals surface area contributed by atoms with E-state index in [9.17, 15) is 4.21 Å². The normalized spacial score (nSPS) is 12.3. The van der Waals surface area contributed by atoms with E-state index in [2.05, 4.69) is 4.98 Å². The fourth-order valence-corrected chi connectivity index (χ4v) is 2.88. The molecule has 0 saturated heterocycles. The number of pyridine rings is 1. The van der Waals surface area contributed by atoms with E-state index in [1.54, 1.807) is 6.20 Å². The number of hydrogen-bond donors (Lipinski definition) is 0. The lowest BCUT2D eigenvalue weighted by atomic mass is 10.2. The van der Waals surface area contributed by atoms with Crippen LogP contribution in [0.5, 0.6) is 0 Å². The van der Waals surface area contributed by atoms with Crippen molar-refractivity contribution in [2.75, 3.05) is 0 Å². The summed E-state index contributed by atoms with van der Waals surface area (Å²) in [5.41, 5.74) is 1.85. The third-order valence-electron chi connectivity index (χ3n) is 2.25. The van der Waals surface area contributed by atoms with Gasteiger partial charge in [0.2, 0.25) is 0 Å². The summed E-state index contributed by atoms with van der Waals surface area (Å²) >= 11 is 5.88. The Balaban J connectivity index is 1.98. The van der Waals surface area contributed by atoms with Crippen molar-refractivity contribution in [3.8, 4) is 0 Å². The summed E-state index contributed by atoms with van der Waals surface area (Å²) in [6.07, 6.45) is 1.71. The quantitative estimate of drug-likeness (QED) is 0.850. The van der Waals surface area contributed by atoms with Gasteiger partial charge in [-0.25, -0.2) is 0 Å². The second kappa shape index (κ2) is 5.94. The largest absolute Gasteiger partial charge is 0.260 e. The summed E-state index contributed by atoms with van der Waals surface area (Å²) in [6, 6.07) is 13.1. The van der Waals surface area contributed by atoms with E-state index >= 15 is 0 Å². The molecule has 4 heteroatoms. The zero-order valence-electron chi connectivity index (χ0n) is 9.17. The Morgan fingerprint density at radius 1 is 1.12 bits per heavy atom. The monoisotopic (exact) mass is 265 g/mol. The Morgan fingerprint density at radius 3 is 2.71 bits per heavy atom. The third kappa shape index (κ3) is 3.95. The zero-order valence-corrected chi connectivity index (χ0v) is 10.7. The first-order valence-corrected chi connectivity index (χ1v) is 7.10. The fourth-order valence-electron chi connectivity index (χ4n) is 1.51. The fraction of sp³-hybridized carbons (Fsp3) is 0.154. The van der Waals surface area contributed by atoms with Crippen LogP contribution < -0.4 is 0 Å². The van der Waals surface area contributed by atoms with E-state index in [-0.39, 0.29) is 0 Å². The topological polar surface area (TPSA) is 30.0 Å². The van der Waals surface area contributed by atoms with Gasteiger partial charge in [-0.2, -0.15) is 0 Å². The molecule has 1 aromatic carbocycles. The van der Waals surface area contributed by atoms with E-state index in [1.807, 2.05) is 42.5 Å². The van der Waals surface area contributed by atoms with Gasteiger partial charge in [-0.1, -0.05) is 29.8 Å². The Morgan fingerprint density at radius 2 is 2.00 bits per heavy atom. The molecule has 0 fully saturated rings. The van der Waals surface area contributed by atoms with Gasteiger partial charge < -0.3 is 0 Å². The minimum atomic E-state index is -0.951. The molecular formula is C13H12ClNOS. The van der Waals surface area contributed by atoms with Gasteiger partial charge in [0, 0.05) is 27.8 Å². The van der Waals surface area contributed by atoms with Gasteiger partial charge in [-0.15, -0.1) is 0 Å². The molecule has 1 atom stereocenters. The summed E-state index contributed by atoms with van der Waals surface area (Å²) in [5, 5.41) is 0.678. The number of nitrogens with zero attached hydrogens (tertiary/aromatic N) is 1. The van der Waals surface area contributed by atoms with Crippen LogP contribution in [0, 0.1) is 0 Å². The van der Waals surface area contributed by atoms with Gasteiger partial charge >= 0.3 is 0 Å². The molecule has 1 unspecified atom stereocenters. The predicted octanol–water partition coefficient (Wildman–Crippen LogP) is 3.18. The highest BCUT2D eigenvalue weighted by atomic mass is 35.5. The molecule has 0 N–H and O–H groups in total. The molecule has 0 radical (unpaired) electrons. The first kappa shape index (κ1) is 12.3. The number of aromatic nitrogens is 1. The lowest BCUT2D eigenvalue weighted by molar-refractivity contribution is 0.681. The molecule has 2 aromatic rings. The second-order valence-electron chi connectivity index (χ2n) is 3.68. The van der Waals surface area contributed by atoms with E-state index in [1.165, 1.54) is 0 Å². The summed E-state index contributed by atoms with van der Waals surface area (Å²) in [7, 11) is -0.951. The number of rotatable bonds is 4. The van der Waals surface area contributed by atoms with E-state index in [0.29, 0.717) is 16.5 Å². The minimum absolute atomic E-state index is 0.480. The minimum Gasteiger partial charge on any atom is -0.260 e. The highest BCUT2D eigenvalue weighted by Gasteiger charge is 2.04. The Bertz CT molecular complexity index is 516. The van der Waals surface area contributed by atoms with Crippen LogP contribution in [-0.2, 0) is 22.3 Å². The molecular weight excluding hydrogens is 254 g/mol. The van der Waals surface area contributed by atoms with Crippen LogP contribution in [0.15, 0.2) is 48.7 Å². The molecule has 0 amide bonds. The van der Waals surface area contributed by atoms with Crippen LogP contribution in [0.1, 0.15) is 11.3 Å². The Labute approximate surface area is 108 Å². The van der Waals surface area contributed by atoms with Gasteiger partial charge in [0.25, 0.3) is 0 Å². The molecule has 1 heterocycles. The molecule has 0 bridgehead atoms. The van der Waals surface area contributed by atoms with E-state index in [4.69, 9.17) is 11.6 Å². The highest BCUT2D eigenvalue weighted by molar-refractivity contribution is 7.83. The first-order chi connectivity index (χ1) is 8.24. The molecule has 1 aromatic heterocycles. The van der Waals surface area contributed by atoms with Crippen LogP contribution in [-0.4, -0.2) is 9.19 Å². The van der Waals surface area contributed by atoms with E-state index in [0.717, 1.165) is 11.3 Å². The summed E-state index contributed by atoms with van der Waals surface area (Å²) in [6.45, 7) is 0. The predicted molar refractivity (Wildman–Crippen MR) is 71.2 cm³/mol. The highest BCUT2D eigenvalue weighted by Crippen LogP contribution is 2.13. The second-order valence-corrected chi connectivity index (χ2v) is 5.57. The number of hydrogen-bond acceptors (Lipinski definition) is 2. The maximum atomic E-state index is 11.9. The maximum Gasteiger partial charge on any atom is 0.0662 e. The van der Waals surface area contributed by atoms with Crippen molar-refractivity contribution in [2.45, 2.75) is 11.5 Å². The molecule has 17 heavy (non-hydrogen) atoms. The van der Waals surface area contributed by atoms with Crippen LogP contribution in [0.2, 0.25) is 5.02 Å². The standard InChI is InChI=1S/C13H12ClNOS/c14-12-5-3-4-11(8-12)9-17(16)10-13-6-1-2-7-15-13/h1-8H,9-10H2. The van der Waals surface area contributed by atoms with Gasteiger partial charge in [0.05, 0.1) is 11.4 Å². The van der Waals surface area contributed by atoms with Crippen molar-refractivity contribution in [1.29, 1.82) is 0 Å². The molecule has 0 aliphatic heterocycles. The van der Waals surface area contributed by atoms with Gasteiger partial charge in [-0.3, -0.25) is 9.19 Å². The van der Waals surface area contributed by atoms with Crippen LogP contribution in [0.4, 0.5) is 0 Å². The van der Waals surface area contributed by atoms with Crippen LogP contribution in [0.3, 0.4) is 0 Å². The molecule has 0 spiro atoms. The average Bonchev–Trinajstić information content (AvgIpc) is 2.30. The molecule has 0 aliphatic carbocycles. The van der Waals surface area contributed by atoms with Crippen LogP contribution >= 0.6 is 11.6 Å². The smallest absolute Gasteiger partial charge is 0.0662 e. The SMILES string of the molecule is O=S(Cc1cccc(Cl)c1)Cc1ccccn1. The molecule has 2 nitrogen and oxygen atoms in total. The zero-order chi connectivity index (χ0) is 12.1. The van der Waals surface area contributed by atoms with Crippen molar-refractivity contribution in [3.63, 3.8) is 0 Å². The van der Waals surface area contributed by atoms with Crippen molar-refractivity contribution in [3.05, 3.63) is 64.9 Å². The third-order valence-corrected chi connectivity index (χ3v) is 3.76. The van der Waals surface area contributed by atoms with Gasteiger partial charge in [0.15, 0.2) is 0 Å².